The van der Waals surface area contributed by atoms with E-state index in [0.29, 0.717) is 5.41 Å². The maximum Gasteiger partial charge on any atom is 0.160 e. The van der Waals surface area contributed by atoms with Gasteiger partial charge in [0.15, 0.2) is 5.82 Å². The third-order valence-corrected chi connectivity index (χ3v) is 7.20. The lowest BCUT2D eigenvalue weighted by Gasteiger charge is -2.50. The molecule has 3 aliphatic rings. The summed E-state index contributed by atoms with van der Waals surface area (Å²) in [5.41, 5.74) is 2.72. The van der Waals surface area contributed by atoms with Gasteiger partial charge in [-0.3, -0.25) is 4.98 Å². The number of hydrogen-bond acceptors (Lipinski definition) is 5. The van der Waals surface area contributed by atoms with Gasteiger partial charge in [-0.1, -0.05) is 6.42 Å². The molecule has 0 unspecified atom stereocenters. The summed E-state index contributed by atoms with van der Waals surface area (Å²) in [6.45, 7) is 4.93. The molecule has 1 saturated carbocycles. The van der Waals surface area contributed by atoms with Gasteiger partial charge in [0, 0.05) is 37.1 Å². The number of piperidine rings is 2. The summed E-state index contributed by atoms with van der Waals surface area (Å²) in [6.07, 6.45) is 17.3. The Morgan fingerprint density at radius 2 is 1.59 bits per heavy atom. The molecule has 0 amide bonds. The molecule has 2 aromatic heterocycles. The van der Waals surface area contributed by atoms with E-state index in [0.717, 1.165) is 36.2 Å². The number of rotatable bonds is 3. The molecular weight excluding hydrogens is 334 g/mol. The first-order chi connectivity index (χ1) is 13.3. The Balaban J connectivity index is 1.18. The largest absolute Gasteiger partial charge is 0.369 e. The Hall–Kier alpha value is -2.01. The van der Waals surface area contributed by atoms with Crippen molar-refractivity contribution in [2.45, 2.75) is 51.0 Å². The van der Waals surface area contributed by atoms with Gasteiger partial charge in [0.05, 0.1) is 18.1 Å². The first kappa shape index (κ1) is 17.1. The van der Waals surface area contributed by atoms with Gasteiger partial charge in [-0.15, -0.1) is 0 Å². The average Bonchev–Trinajstić information content (AvgIpc) is 2.70. The fourth-order valence-electron chi connectivity index (χ4n) is 4.98. The van der Waals surface area contributed by atoms with E-state index < -0.39 is 0 Å². The predicted octanol–water partition coefficient (Wildman–Crippen LogP) is 3.77. The van der Waals surface area contributed by atoms with Gasteiger partial charge < -0.3 is 9.80 Å². The Bertz CT molecular complexity index is 738. The van der Waals surface area contributed by atoms with Crippen LogP contribution < -0.4 is 4.90 Å². The van der Waals surface area contributed by atoms with Gasteiger partial charge >= 0.3 is 0 Å². The smallest absolute Gasteiger partial charge is 0.160 e. The summed E-state index contributed by atoms with van der Waals surface area (Å²) < 4.78 is 0. The highest BCUT2D eigenvalue weighted by Gasteiger charge is 2.39. The Labute approximate surface area is 161 Å². The van der Waals surface area contributed by atoms with Gasteiger partial charge in [0.25, 0.3) is 0 Å². The van der Waals surface area contributed by atoms with Crippen LogP contribution in [0.25, 0.3) is 11.4 Å². The zero-order valence-corrected chi connectivity index (χ0v) is 16.1. The normalized spacial score (nSPS) is 23.3. The SMILES string of the molecule is c1cncc(-c2ncc(N3CCC4(CC3)CCN(C3CCC3)CC4)cn2)c1. The second-order valence-corrected chi connectivity index (χ2v) is 8.61. The van der Waals surface area contributed by atoms with Crippen molar-refractivity contribution in [3.05, 3.63) is 36.9 Å². The highest BCUT2D eigenvalue weighted by atomic mass is 15.2. The second kappa shape index (κ2) is 7.19. The Kier molecular flexibility index (Phi) is 4.56. The Morgan fingerprint density at radius 3 is 2.19 bits per heavy atom. The lowest BCUT2D eigenvalue weighted by Crippen LogP contribution is -2.50. The topological polar surface area (TPSA) is 45.2 Å². The van der Waals surface area contributed by atoms with Crippen LogP contribution in [0.5, 0.6) is 0 Å². The third-order valence-electron chi connectivity index (χ3n) is 7.20. The number of hydrogen-bond donors (Lipinski definition) is 0. The maximum absolute atomic E-state index is 4.57. The van der Waals surface area contributed by atoms with Crippen molar-refractivity contribution < 1.29 is 0 Å². The lowest BCUT2D eigenvalue weighted by atomic mass is 9.70. The first-order valence-electron chi connectivity index (χ1n) is 10.5. The van der Waals surface area contributed by atoms with Crippen LogP contribution in [0.2, 0.25) is 0 Å². The van der Waals surface area contributed by atoms with E-state index >= 15 is 0 Å². The van der Waals surface area contributed by atoms with E-state index in [4.69, 9.17) is 0 Å². The maximum atomic E-state index is 4.57. The van der Waals surface area contributed by atoms with Gasteiger partial charge in [-0.25, -0.2) is 9.97 Å². The predicted molar refractivity (Wildman–Crippen MR) is 108 cm³/mol. The minimum atomic E-state index is 0.591. The minimum Gasteiger partial charge on any atom is -0.369 e. The van der Waals surface area contributed by atoms with Gasteiger partial charge in [-0.05, 0) is 69.2 Å². The minimum absolute atomic E-state index is 0.591. The van der Waals surface area contributed by atoms with Gasteiger partial charge in [-0.2, -0.15) is 0 Å². The number of aromatic nitrogens is 3. The number of nitrogens with zero attached hydrogens (tertiary/aromatic N) is 5. The standard InChI is InChI=1S/C22H29N5/c1-4-19(5-1)26-11-6-22(7-12-26)8-13-27(14-9-22)20-16-24-21(25-17-20)18-3-2-10-23-15-18/h2-3,10,15-17,19H,1,4-9,11-14H2. The second-order valence-electron chi connectivity index (χ2n) is 8.61. The molecule has 2 aromatic rings. The molecule has 5 rings (SSSR count). The molecule has 2 saturated heterocycles. The van der Waals surface area contributed by atoms with Crippen molar-refractivity contribution in [1.82, 2.24) is 19.9 Å². The molecule has 27 heavy (non-hydrogen) atoms. The van der Waals surface area contributed by atoms with Crippen LogP contribution in [0, 0.1) is 5.41 Å². The van der Waals surface area contributed by atoms with Crippen LogP contribution in [0.4, 0.5) is 5.69 Å². The van der Waals surface area contributed by atoms with E-state index in [1.807, 2.05) is 30.7 Å². The molecule has 0 atom stereocenters. The number of pyridine rings is 1. The fourth-order valence-corrected chi connectivity index (χ4v) is 4.98. The van der Waals surface area contributed by atoms with Crippen molar-refractivity contribution in [2.75, 3.05) is 31.1 Å². The van der Waals surface area contributed by atoms with Crippen LogP contribution in [-0.2, 0) is 0 Å². The van der Waals surface area contributed by atoms with Gasteiger partial charge in [0.2, 0.25) is 0 Å². The van der Waals surface area contributed by atoms with E-state index in [-0.39, 0.29) is 0 Å². The van der Waals surface area contributed by atoms with Gasteiger partial charge in [0.1, 0.15) is 0 Å². The van der Waals surface area contributed by atoms with E-state index in [1.165, 1.54) is 58.0 Å². The molecule has 1 spiro atoms. The van der Waals surface area contributed by atoms with Crippen molar-refractivity contribution in [3.63, 3.8) is 0 Å². The molecule has 0 radical (unpaired) electrons. The first-order valence-corrected chi connectivity index (χ1v) is 10.5. The summed E-state index contributed by atoms with van der Waals surface area (Å²) in [6, 6.07) is 4.84. The highest BCUT2D eigenvalue weighted by molar-refractivity contribution is 5.55. The Morgan fingerprint density at radius 1 is 0.889 bits per heavy atom. The molecule has 5 nitrogen and oxygen atoms in total. The van der Waals surface area contributed by atoms with E-state index in [2.05, 4.69) is 24.8 Å². The fraction of sp³-hybridized carbons (Fsp3) is 0.591. The summed E-state index contributed by atoms with van der Waals surface area (Å²) in [4.78, 5) is 18.5. The molecule has 0 bridgehead atoms. The van der Waals surface area contributed by atoms with Crippen LogP contribution in [0.1, 0.15) is 44.9 Å². The lowest BCUT2D eigenvalue weighted by molar-refractivity contribution is 0.0306. The third kappa shape index (κ3) is 3.45. The van der Waals surface area contributed by atoms with Crippen LogP contribution >= 0.6 is 0 Å². The van der Waals surface area contributed by atoms with E-state index in [9.17, 15) is 0 Å². The van der Waals surface area contributed by atoms with Crippen LogP contribution in [-0.4, -0.2) is 52.1 Å². The average molecular weight is 364 g/mol. The molecule has 0 aromatic carbocycles. The molecule has 5 heteroatoms. The van der Waals surface area contributed by atoms with Crippen molar-refractivity contribution >= 4 is 5.69 Å². The van der Waals surface area contributed by atoms with Crippen LogP contribution in [0.3, 0.4) is 0 Å². The zero-order valence-electron chi connectivity index (χ0n) is 16.1. The van der Waals surface area contributed by atoms with Crippen molar-refractivity contribution in [3.8, 4) is 11.4 Å². The number of anilines is 1. The zero-order chi connectivity index (χ0) is 18.1. The molecule has 1 aliphatic carbocycles. The van der Waals surface area contributed by atoms with E-state index in [1.54, 1.807) is 6.20 Å². The van der Waals surface area contributed by atoms with Crippen molar-refractivity contribution in [2.24, 2.45) is 5.41 Å². The molecule has 3 fully saturated rings. The van der Waals surface area contributed by atoms with Crippen molar-refractivity contribution in [1.29, 1.82) is 0 Å². The van der Waals surface area contributed by atoms with Crippen LogP contribution in [0.15, 0.2) is 36.9 Å². The molecule has 2 aliphatic heterocycles. The summed E-state index contributed by atoms with van der Waals surface area (Å²) in [5.74, 6) is 0.753. The summed E-state index contributed by atoms with van der Waals surface area (Å²) >= 11 is 0. The molecule has 142 valence electrons. The molecule has 4 heterocycles. The summed E-state index contributed by atoms with van der Waals surface area (Å²) in [5, 5.41) is 0. The highest BCUT2D eigenvalue weighted by Crippen LogP contribution is 2.43. The quantitative estimate of drug-likeness (QED) is 0.830. The molecular formula is C22H29N5. The number of likely N-dealkylation sites (tertiary alicyclic amines) is 1. The summed E-state index contributed by atoms with van der Waals surface area (Å²) in [7, 11) is 0. The molecule has 0 N–H and O–H groups in total. The monoisotopic (exact) mass is 363 g/mol.